The van der Waals surface area contributed by atoms with Crippen molar-refractivity contribution in [2.24, 2.45) is 11.8 Å². The first kappa shape index (κ1) is 14.6. The summed E-state index contributed by atoms with van der Waals surface area (Å²) >= 11 is 0. The molecule has 0 unspecified atom stereocenters. The van der Waals surface area contributed by atoms with Gasteiger partial charge in [0.2, 0.25) is 0 Å². The second-order valence-corrected chi connectivity index (χ2v) is 5.45. The molecule has 2 nitrogen and oxygen atoms in total. The molecule has 0 heterocycles. The molecular formula is C13H26O2. The lowest BCUT2D eigenvalue weighted by molar-refractivity contribution is -0.150. The quantitative estimate of drug-likeness (QED) is 0.677. The predicted octanol–water partition coefficient (Wildman–Crippen LogP) is 3.44. The van der Waals surface area contributed by atoms with Gasteiger partial charge in [0.15, 0.2) is 5.78 Å². The summed E-state index contributed by atoms with van der Waals surface area (Å²) in [4.78, 5) is 12.0. The van der Waals surface area contributed by atoms with Crippen molar-refractivity contribution in [1.29, 1.82) is 0 Å². The van der Waals surface area contributed by atoms with E-state index in [2.05, 4.69) is 6.92 Å². The molecule has 2 heteroatoms. The Morgan fingerprint density at radius 2 is 1.67 bits per heavy atom. The first-order valence-corrected chi connectivity index (χ1v) is 5.92. The summed E-state index contributed by atoms with van der Waals surface area (Å²) in [5.74, 6) is 0.502. The minimum Gasteiger partial charge on any atom is -0.364 e. The van der Waals surface area contributed by atoms with E-state index in [0.717, 1.165) is 6.42 Å². The molecule has 0 aromatic heterocycles. The van der Waals surface area contributed by atoms with Crippen molar-refractivity contribution >= 4 is 5.78 Å². The fourth-order valence-corrected chi connectivity index (χ4v) is 1.28. The zero-order valence-electron chi connectivity index (χ0n) is 11.3. The number of ether oxygens (including phenoxy) is 1. The Morgan fingerprint density at radius 1 is 1.20 bits per heavy atom. The van der Waals surface area contributed by atoms with Gasteiger partial charge in [-0.2, -0.15) is 0 Å². The first-order valence-electron chi connectivity index (χ1n) is 5.92. The van der Waals surface area contributed by atoms with Crippen molar-refractivity contribution in [3.05, 3.63) is 0 Å². The van der Waals surface area contributed by atoms with E-state index in [1.165, 1.54) is 0 Å². The number of ketones is 1. The molecule has 0 aliphatic carbocycles. The number of rotatable bonds is 6. The lowest BCUT2D eigenvalue weighted by Gasteiger charge is -2.32. The third-order valence-corrected chi connectivity index (χ3v) is 2.75. The van der Waals surface area contributed by atoms with Gasteiger partial charge < -0.3 is 4.74 Å². The molecule has 15 heavy (non-hydrogen) atoms. The van der Waals surface area contributed by atoms with Crippen LogP contribution in [-0.4, -0.2) is 17.5 Å². The minimum absolute atomic E-state index is 0.0463. The van der Waals surface area contributed by atoms with Gasteiger partial charge in [-0.05, 0) is 26.2 Å². The highest BCUT2D eigenvalue weighted by Gasteiger charge is 2.30. The van der Waals surface area contributed by atoms with Crippen molar-refractivity contribution in [2.75, 3.05) is 0 Å². The highest BCUT2D eigenvalue weighted by Crippen LogP contribution is 2.22. The molecule has 0 rings (SSSR count). The average molecular weight is 214 g/mol. The standard InChI is InChI=1S/C13H26O2/c1-8-13(6,7)15-12(10(4)5)11(14)9(2)3/h9-10,12H,8H2,1-7H3/t12-/m1/s1. The Hall–Kier alpha value is -0.370. The zero-order chi connectivity index (χ0) is 12.2. The Morgan fingerprint density at radius 3 is 1.93 bits per heavy atom. The molecule has 0 amide bonds. The molecule has 0 aromatic carbocycles. The van der Waals surface area contributed by atoms with Gasteiger partial charge in [0.1, 0.15) is 6.10 Å². The minimum atomic E-state index is -0.264. The van der Waals surface area contributed by atoms with Crippen LogP contribution < -0.4 is 0 Å². The summed E-state index contributed by atoms with van der Waals surface area (Å²) < 4.78 is 5.92. The van der Waals surface area contributed by atoms with Crippen LogP contribution in [0.1, 0.15) is 54.9 Å². The molecule has 0 N–H and O–H groups in total. The molecule has 0 aromatic rings. The second kappa shape index (κ2) is 5.64. The first-order chi connectivity index (χ1) is 6.71. The fraction of sp³-hybridized carbons (Fsp3) is 0.923. The largest absolute Gasteiger partial charge is 0.364 e. The highest BCUT2D eigenvalue weighted by molar-refractivity contribution is 5.85. The van der Waals surface area contributed by atoms with Crippen molar-refractivity contribution < 1.29 is 9.53 Å². The van der Waals surface area contributed by atoms with Crippen LogP contribution in [0.25, 0.3) is 0 Å². The summed E-state index contributed by atoms with van der Waals surface area (Å²) in [6.07, 6.45) is 0.654. The van der Waals surface area contributed by atoms with Crippen molar-refractivity contribution in [1.82, 2.24) is 0 Å². The molecule has 0 saturated carbocycles. The van der Waals surface area contributed by atoms with Crippen LogP contribution in [0, 0.1) is 11.8 Å². The van der Waals surface area contributed by atoms with Gasteiger partial charge in [0.25, 0.3) is 0 Å². The summed E-state index contributed by atoms with van der Waals surface area (Å²) in [6, 6.07) is 0. The van der Waals surface area contributed by atoms with Crippen molar-refractivity contribution in [3.63, 3.8) is 0 Å². The Labute approximate surface area is 94.4 Å². The van der Waals surface area contributed by atoms with E-state index < -0.39 is 0 Å². The van der Waals surface area contributed by atoms with Crippen LogP contribution in [0.15, 0.2) is 0 Å². The molecule has 0 aliphatic heterocycles. The maximum Gasteiger partial charge on any atom is 0.164 e. The predicted molar refractivity (Wildman–Crippen MR) is 63.9 cm³/mol. The third kappa shape index (κ3) is 4.78. The van der Waals surface area contributed by atoms with Crippen molar-refractivity contribution in [3.8, 4) is 0 Å². The van der Waals surface area contributed by atoms with Crippen LogP contribution in [0.3, 0.4) is 0 Å². The van der Waals surface area contributed by atoms with Gasteiger partial charge in [-0.15, -0.1) is 0 Å². The molecule has 1 atom stereocenters. The van der Waals surface area contributed by atoms with Crippen molar-refractivity contribution in [2.45, 2.75) is 66.6 Å². The Balaban J connectivity index is 4.63. The van der Waals surface area contributed by atoms with Crippen LogP contribution in [-0.2, 0) is 9.53 Å². The Kier molecular flexibility index (Phi) is 5.50. The van der Waals surface area contributed by atoms with Gasteiger partial charge in [-0.3, -0.25) is 4.79 Å². The maximum atomic E-state index is 12.0. The smallest absolute Gasteiger partial charge is 0.164 e. The van der Waals surface area contributed by atoms with Gasteiger partial charge in [0.05, 0.1) is 5.60 Å². The van der Waals surface area contributed by atoms with E-state index in [1.54, 1.807) is 0 Å². The number of hydrogen-bond donors (Lipinski definition) is 0. The normalized spacial score (nSPS) is 14.7. The molecular weight excluding hydrogens is 188 g/mol. The lowest BCUT2D eigenvalue weighted by Crippen LogP contribution is -2.40. The van der Waals surface area contributed by atoms with E-state index in [4.69, 9.17) is 4.74 Å². The zero-order valence-corrected chi connectivity index (χ0v) is 11.3. The van der Waals surface area contributed by atoms with E-state index in [0.29, 0.717) is 0 Å². The Bertz CT molecular complexity index is 205. The summed E-state index contributed by atoms with van der Waals surface area (Å²) in [6.45, 7) is 14.1. The molecule has 0 aliphatic rings. The average Bonchev–Trinajstić information content (AvgIpc) is 2.12. The molecule has 0 radical (unpaired) electrons. The maximum absolute atomic E-state index is 12.0. The second-order valence-electron chi connectivity index (χ2n) is 5.45. The topological polar surface area (TPSA) is 26.3 Å². The summed E-state index contributed by atoms with van der Waals surface area (Å²) in [5, 5.41) is 0. The molecule has 0 bridgehead atoms. The molecule has 0 fully saturated rings. The van der Waals surface area contributed by atoms with E-state index in [9.17, 15) is 4.79 Å². The van der Waals surface area contributed by atoms with Gasteiger partial charge in [-0.1, -0.05) is 34.6 Å². The molecule has 90 valence electrons. The van der Waals surface area contributed by atoms with Gasteiger partial charge in [0, 0.05) is 5.92 Å². The summed E-state index contributed by atoms with van der Waals surface area (Å²) in [5.41, 5.74) is -0.209. The monoisotopic (exact) mass is 214 g/mol. The van der Waals surface area contributed by atoms with Gasteiger partial charge in [-0.25, -0.2) is 0 Å². The van der Waals surface area contributed by atoms with Crippen LogP contribution in [0.2, 0.25) is 0 Å². The van der Waals surface area contributed by atoms with E-state index in [-0.39, 0.29) is 29.3 Å². The fourth-order valence-electron chi connectivity index (χ4n) is 1.28. The van der Waals surface area contributed by atoms with Crippen LogP contribution in [0.4, 0.5) is 0 Å². The van der Waals surface area contributed by atoms with Gasteiger partial charge >= 0.3 is 0 Å². The van der Waals surface area contributed by atoms with E-state index in [1.807, 2.05) is 41.5 Å². The van der Waals surface area contributed by atoms with E-state index >= 15 is 0 Å². The van der Waals surface area contributed by atoms with Crippen LogP contribution in [0.5, 0.6) is 0 Å². The number of hydrogen-bond acceptors (Lipinski definition) is 2. The number of Topliss-reactive ketones (excluding diaryl/α,β-unsaturated/α-hetero) is 1. The third-order valence-electron chi connectivity index (χ3n) is 2.75. The number of carbonyl (C=O) groups is 1. The summed E-state index contributed by atoms with van der Waals surface area (Å²) in [7, 11) is 0. The SMILES string of the molecule is CCC(C)(C)O[C@@H](C(=O)C(C)C)C(C)C. The lowest BCUT2D eigenvalue weighted by atomic mass is 9.94. The highest BCUT2D eigenvalue weighted by atomic mass is 16.5. The molecule has 0 spiro atoms. The molecule has 0 saturated heterocycles. The number of carbonyl (C=O) groups excluding carboxylic acids is 1. The van der Waals surface area contributed by atoms with Crippen LogP contribution >= 0.6 is 0 Å².